The number of aromatic amines is 1. The van der Waals surface area contributed by atoms with E-state index in [1.807, 2.05) is 13.8 Å². The summed E-state index contributed by atoms with van der Waals surface area (Å²) in [5.41, 5.74) is -0.140. The molecule has 0 atom stereocenters. The van der Waals surface area contributed by atoms with Gasteiger partial charge < -0.3 is 10.3 Å². The average Bonchev–Trinajstić information content (AvgIpc) is 2.82. The molecule has 0 aliphatic carbocycles. The molecule has 19 heavy (non-hydrogen) atoms. The lowest BCUT2D eigenvalue weighted by Crippen LogP contribution is -2.29. The lowest BCUT2D eigenvalue weighted by molar-refractivity contribution is -0.125. The number of fused-ring (bicyclic) bond motifs is 1. The third kappa shape index (κ3) is 3.01. The Morgan fingerprint density at radius 3 is 2.84 bits per heavy atom. The molecular formula is C13H17N3O2S. The second kappa shape index (κ2) is 5.97. The van der Waals surface area contributed by atoms with E-state index in [1.165, 1.54) is 17.7 Å². The molecule has 0 saturated heterocycles. The molecule has 6 heteroatoms. The van der Waals surface area contributed by atoms with Crippen molar-refractivity contribution >= 4 is 27.5 Å². The lowest BCUT2D eigenvalue weighted by atomic mass is 10.0. The predicted molar refractivity (Wildman–Crippen MR) is 76.2 cm³/mol. The Kier molecular flexibility index (Phi) is 4.31. The Balaban J connectivity index is 2.08. The van der Waals surface area contributed by atoms with E-state index >= 15 is 0 Å². The fourth-order valence-electron chi connectivity index (χ4n) is 1.98. The van der Waals surface area contributed by atoms with Crippen molar-refractivity contribution in [3.05, 3.63) is 27.6 Å². The van der Waals surface area contributed by atoms with Gasteiger partial charge in [0.2, 0.25) is 5.91 Å². The number of aromatic nitrogens is 2. The van der Waals surface area contributed by atoms with Gasteiger partial charge in [0, 0.05) is 10.8 Å². The minimum atomic E-state index is -0.140. The Labute approximate surface area is 115 Å². The summed E-state index contributed by atoms with van der Waals surface area (Å²) >= 11 is 1.43. The molecule has 1 amide bonds. The number of rotatable bonds is 5. The van der Waals surface area contributed by atoms with Crippen molar-refractivity contribution in [1.29, 1.82) is 0 Å². The fraction of sp³-hybridized carbons (Fsp3) is 0.462. The second-order valence-electron chi connectivity index (χ2n) is 4.39. The van der Waals surface area contributed by atoms with Crippen molar-refractivity contribution in [2.75, 3.05) is 0 Å². The summed E-state index contributed by atoms with van der Waals surface area (Å²) in [6.07, 6.45) is 3.08. The smallest absolute Gasteiger partial charge is 0.259 e. The zero-order valence-electron chi connectivity index (χ0n) is 11.0. The summed E-state index contributed by atoms with van der Waals surface area (Å²) in [5.74, 6) is 0.139. The van der Waals surface area contributed by atoms with Crippen LogP contribution in [0.1, 0.15) is 31.6 Å². The molecule has 0 fully saturated rings. The summed E-state index contributed by atoms with van der Waals surface area (Å²) < 4.78 is 0. The maximum absolute atomic E-state index is 11.9. The van der Waals surface area contributed by atoms with Crippen LogP contribution in [0.2, 0.25) is 0 Å². The van der Waals surface area contributed by atoms with Crippen molar-refractivity contribution in [3.63, 3.8) is 0 Å². The number of nitrogens with zero attached hydrogens (tertiary/aromatic N) is 1. The maximum Gasteiger partial charge on any atom is 0.259 e. The normalized spacial score (nSPS) is 11.1. The van der Waals surface area contributed by atoms with Gasteiger partial charge in [-0.2, -0.15) is 0 Å². The number of amides is 1. The Hall–Kier alpha value is -1.69. The second-order valence-corrected chi connectivity index (χ2v) is 5.51. The van der Waals surface area contributed by atoms with Crippen molar-refractivity contribution in [1.82, 2.24) is 15.3 Å². The molecule has 2 heterocycles. The largest absolute Gasteiger partial charge is 0.351 e. The van der Waals surface area contributed by atoms with Crippen LogP contribution in [-0.4, -0.2) is 15.9 Å². The molecule has 2 aromatic heterocycles. The fourth-order valence-corrected chi connectivity index (χ4v) is 2.92. The number of nitrogens with one attached hydrogen (secondary N) is 2. The molecule has 0 saturated carbocycles. The number of hydrogen-bond acceptors (Lipinski definition) is 4. The Morgan fingerprint density at radius 2 is 2.21 bits per heavy atom. The lowest BCUT2D eigenvalue weighted by Gasteiger charge is -2.11. The molecule has 0 unspecified atom stereocenters. The molecule has 0 bridgehead atoms. The van der Waals surface area contributed by atoms with Gasteiger partial charge in [0.25, 0.3) is 5.56 Å². The van der Waals surface area contributed by atoms with Crippen LogP contribution in [0.5, 0.6) is 0 Å². The van der Waals surface area contributed by atoms with E-state index in [0.717, 1.165) is 17.7 Å². The van der Waals surface area contributed by atoms with Crippen LogP contribution in [0.3, 0.4) is 0 Å². The molecule has 0 radical (unpaired) electrons. The molecule has 0 aliphatic rings. The van der Waals surface area contributed by atoms with Gasteiger partial charge in [-0.25, -0.2) is 4.98 Å². The highest BCUT2D eigenvalue weighted by Crippen LogP contribution is 2.20. The minimum Gasteiger partial charge on any atom is -0.351 e. The van der Waals surface area contributed by atoms with Crippen molar-refractivity contribution in [3.8, 4) is 0 Å². The molecule has 2 N–H and O–H groups in total. The van der Waals surface area contributed by atoms with Gasteiger partial charge >= 0.3 is 0 Å². The van der Waals surface area contributed by atoms with Crippen LogP contribution in [0.4, 0.5) is 0 Å². The molecule has 0 spiro atoms. The maximum atomic E-state index is 11.9. The topological polar surface area (TPSA) is 74.8 Å². The predicted octanol–water partition coefficient (Wildman–Crippen LogP) is 2.04. The first kappa shape index (κ1) is 13.7. The SMILES string of the molecule is CCC(CC)C(=O)NCc1cc2c(=O)[nH]cnc2s1. The Bertz CT molecular complexity index is 628. The first-order chi connectivity index (χ1) is 9.15. The van der Waals surface area contributed by atoms with Crippen molar-refractivity contribution in [2.45, 2.75) is 33.2 Å². The highest BCUT2D eigenvalue weighted by atomic mass is 32.1. The average molecular weight is 279 g/mol. The van der Waals surface area contributed by atoms with Gasteiger partial charge in [0.15, 0.2) is 0 Å². The van der Waals surface area contributed by atoms with Crippen LogP contribution in [0.15, 0.2) is 17.2 Å². The van der Waals surface area contributed by atoms with Crippen molar-refractivity contribution in [2.24, 2.45) is 5.92 Å². The van der Waals surface area contributed by atoms with Crippen LogP contribution >= 0.6 is 11.3 Å². The zero-order valence-corrected chi connectivity index (χ0v) is 11.8. The van der Waals surface area contributed by atoms with Crippen LogP contribution in [0, 0.1) is 5.92 Å². The quantitative estimate of drug-likeness (QED) is 0.879. The summed E-state index contributed by atoms with van der Waals surface area (Å²) in [7, 11) is 0. The number of H-pyrrole nitrogens is 1. The monoisotopic (exact) mass is 279 g/mol. The van der Waals surface area contributed by atoms with Gasteiger partial charge in [0.05, 0.1) is 18.3 Å². The third-order valence-electron chi connectivity index (χ3n) is 3.18. The van der Waals surface area contributed by atoms with E-state index in [9.17, 15) is 9.59 Å². The van der Waals surface area contributed by atoms with E-state index in [4.69, 9.17) is 0 Å². The number of thiophene rings is 1. The van der Waals surface area contributed by atoms with Gasteiger partial charge in [-0.3, -0.25) is 9.59 Å². The molecule has 2 rings (SSSR count). The summed E-state index contributed by atoms with van der Waals surface area (Å²) in [4.78, 5) is 31.7. The number of hydrogen-bond donors (Lipinski definition) is 2. The number of carbonyl (C=O) groups is 1. The molecule has 0 aliphatic heterocycles. The summed E-state index contributed by atoms with van der Waals surface area (Å²) in [6, 6.07) is 1.79. The van der Waals surface area contributed by atoms with E-state index in [2.05, 4.69) is 15.3 Å². The van der Waals surface area contributed by atoms with Crippen molar-refractivity contribution < 1.29 is 4.79 Å². The molecular weight excluding hydrogens is 262 g/mol. The van der Waals surface area contributed by atoms with Crippen LogP contribution in [0.25, 0.3) is 10.2 Å². The van der Waals surface area contributed by atoms with Gasteiger partial charge in [-0.05, 0) is 18.9 Å². The van der Waals surface area contributed by atoms with Gasteiger partial charge in [-0.15, -0.1) is 11.3 Å². The first-order valence-corrected chi connectivity index (χ1v) is 7.21. The Morgan fingerprint density at radius 1 is 1.47 bits per heavy atom. The highest BCUT2D eigenvalue weighted by molar-refractivity contribution is 7.18. The van der Waals surface area contributed by atoms with Crippen LogP contribution in [-0.2, 0) is 11.3 Å². The summed E-state index contributed by atoms with van der Waals surface area (Å²) in [6.45, 7) is 4.48. The van der Waals surface area contributed by atoms with Gasteiger partial charge in [0.1, 0.15) is 4.83 Å². The molecule has 2 aromatic rings. The first-order valence-electron chi connectivity index (χ1n) is 6.39. The number of carbonyl (C=O) groups excluding carboxylic acids is 1. The van der Waals surface area contributed by atoms with Gasteiger partial charge in [-0.1, -0.05) is 13.8 Å². The zero-order chi connectivity index (χ0) is 13.8. The third-order valence-corrected chi connectivity index (χ3v) is 4.22. The summed E-state index contributed by atoms with van der Waals surface area (Å²) in [5, 5.41) is 3.50. The molecule has 5 nitrogen and oxygen atoms in total. The molecule has 102 valence electrons. The molecule has 0 aromatic carbocycles. The van der Waals surface area contributed by atoms with E-state index < -0.39 is 0 Å². The van der Waals surface area contributed by atoms with E-state index in [1.54, 1.807) is 6.07 Å². The standard InChI is InChI=1S/C13H17N3O2S/c1-3-8(4-2)11(17)14-6-9-5-10-12(18)15-7-16-13(10)19-9/h5,7-8H,3-4,6H2,1-2H3,(H,14,17)(H,15,16,18). The van der Waals surface area contributed by atoms with E-state index in [0.29, 0.717) is 16.8 Å². The minimum absolute atomic E-state index is 0.0657. The highest BCUT2D eigenvalue weighted by Gasteiger charge is 2.14. The van der Waals surface area contributed by atoms with E-state index in [-0.39, 0.29) is 17.4 Å². The van der Waals surface area contributed by atoms with Crippen LogP contribution < -0.4 is 10.9 Å².